The van der Waals surface area contributed by atoms with Crippen LogP contribution >= 0.6 is 0 Å². The van der Waals surface area contributed by atoms with Crippen molar-refractivity contribution in [1.82, 2.24) is 0 Å². The van der Waals surface area contributed by atoms with Crippen LogP contribution < -0.4 is 5.46 Å². The van der Waals surface area contributed by atoms with E-state index in [1.807, 2.05) is 27.7 Å². The van der Waals surface area contributed by atoms with Crippen LogP contribution in [0.2, 0.25) is 0 Å². The van der Waals surface area contributed by atoms with E-state index in [1.165, 1.54) is 13.0 Å². The Balaban J connectivity index is 0. The zero-order valence-electron chi connectivity index (χ0n) is 12.4. The molecule has 0 N–H and O–H groups in total. The number of carbonyl (C=O) groups is 1. The van der Waals surface area contributed by atoms with Crippen LogP contribution in [0.4, 0.5) is 10.1 Å². The molecule has 0 unspecified atom stereocenters. The summed E-state index contributed by atoms with van der Waals surface area (Å²) >= 11 is 0. The van der Waals surface area contributed by atoms with Gasteiger partial charge in [0.25, 0.3) is 5.69 Å². The molecule has 1 rings (SSSR count). The Morgan fingerprint density at radius 2 is 1.80 bits per heavy atom. The predicted octanol–water partition coefficient (Wildman–Crippen LogP) is 3.18. The molecule has 0 fully saturated rings. The fourth-order valence-corrected chi connectivity index (χ4v) is 1.10. The van der Waals surface area contributed by atoms with Gasteiger partial charge < -0.3 is 0 Å². The highest BCUT2D eigenvalue weighted by Gasteiger charge is 2.14. The number of carbonyl (C=O) groups excluding carboxylic acids is 1. The molecule has 0 atom stereocenters. The van der Waals surface area contributed by atoms with Gasteiger partial charge >= 0.3 is 0 Å². The molecule has 0 amide bonds. The fourth-order valence-electron chi connectivity index (χ4n) is 1.10. The Morgan fingerprint density at radius 1 is 1.30 bits per heavy atom. The monoisotopic (exact) mass is 279 g/mol. The van der Waals surface area contributed by atoms with Crippen LogP contribution in [0.5, 0.6) is 0 Å². The maximum Gasteiger partial charge on any atom is 0.279 e. The van der Waals surface area contributed by atoms with Crippen molar-refractivity contribution in [3.05, 3.63) is 39.7 Å². The van der Waals surface area contributed by atoms with Gasteiger partial charge in [-0.1, -0.05) is 39.2 Å². The predicted molar refractivity (Wildman–Crippen MR) is 80.9 cm³/mol. The maximum atomic E-state index is 13.0. The fraction of sp³-hybridized carbons (Fsp3) is 0.357. The van der Waals surface area contributed by atoms with Gasteiger partial charge in [0.05, 0.1) is 16.6 Å². The summed E-state index contributed by atoms with van der Waals surface area (Å²) in [7, 11) is 5.28. The van der Waals surface area contributed by atoms with E-state index in [1.54, 1.807) is 0 Å². The zero-order valence-corrected chi connectivity index (χ0v) is 12.4. The molecule has 6 heteroatoms. The zero-order chi connectivity index (χ0) is 16.3. The molecule has 0 aliphatic rings. The van der Waals surface area contributed by atoms with E-state index in [0.717, 1.165) is 18.2 Å². The molecule has 0 spiro atoms. The van der Waals surface area contributed by atoms with Crippen molar-refractivity contribution in [3.8, 4) is 0 Å². The molecule has 1 aromatic rings. The Hall–Kier alpha value is -1.98. The molecule has 0 aliphatic heterocycles. The van der Waals surface area contributed by atoms with Crippen molar-refractivity contribution < 1.29 is 14.1 Å². The number of nitro benzene ring substituents is 1. The van der Waals surface area contributed by atoms with Crippen molar-refractivity contribution >= 4 is 30.9 Å². The van der Waals surface area contributed by atoms with Gasteiger partial charge in [-0.15, -0.1) is 0 Å². The summed E-state index contributed by atoms with van der Waals surface area (Å²) in [4.78, 5) is 20.6. The number of allylic oxidation sites excluding steroid dienone is 1. The second kappa shape index (κ2) is 10.9. The van der Waals surface area contributed by atoms with Crippen LogP contribution in [0.25, 0.3) is 6.08 Å². The molecule has 0 bridgehead atoms. The number of ketones is 1. The van der Waals surface area contributed by atoms with Crippen LogP contribution in [0, 0.1) is 15.9 Å². The largest absolute Gasteiger partial charge is 0.295 e. The molecule has 108 valence electrons. The third-order valence-electron chi connectivity index (χ3n) is 1.84. The molecule has 0 saturated heterocycles. The Morgan fingerprint density at radius 3 is 2.20 bits per heavy atom. The number of nitro groups is 1. The maximum absolute atomic E-state index is 13.0. The lowest BCUT2D eigenvalue weighted by Gasteiger charge is -2.01. The number of rotatable bonds is 3. The minimum Gasteiger partial charge on any atom is -0.295 e. The van der Waals surface area contributed by atoms with E-state index in [0.29, 0.717) is 0 Å². The Bertz CT molecular complexity index is 488. The number of nitrogens with zero attached hydrogens (tertiary/aromatic N) is 1. The molecular weight excluding hydrogens is 260 g/mol. The average molecular weight is 279 g/mol. The van der Waals surface area contributed by atoms with E-state index < -0.39 is 16.4 Å². The van der Waals surface area contributed by atoms with Gasteiger partial charge in [-0.3, -0.25) is 14.9 Å². The lowest BCUT2D eigenvalue weighted by molar-refractivity contribution is -0.385. The Kier molecular flexibility index (Phi) is 11.1. The first-order chi connectivity index (χ1) is 9.41. The summed E-state index contributed by atoms with van der Waals surface area (Å²) in [5, 5.41) is 10.6. The van der Waals surface area contributed by atoms with Gasteiger partial charge in [0.2, 0.25) is 0 Å². The minimum absolute atomic E-state index is 0.0964. The van der Waals surface area contributed by atoms with Gasteiger partial charge in [0.15, 0.2) is 5.78 Å². The minimum atomic E-state index is -0.855. The van der Waals surface area contributed by atoms with Crippen molar-refractivity contribution in [3.63, 3.8) is 0 Å². The second-order valence-corrected chi connectivity index (χ2v) is 3.13. The molecule has 0 heterocycles. The summed E-state index contributed by atoms with van der Waals surface area (Å²) in [6.45, 7) is 9.30. The molecule has 0 aromatic heterocycles. The summed E-state index contributed by atoms with van der Waals surface area (Å²) < 4.78 is 13.0. The van der Waals surface area contributed by atoms with Crippen LogP contribution in [0.3, 0.4) is 0 Å². The molecule has 1 aromatic carbocycles. The third kappa shape index (κ3) is 6.82. The van der Waals surface area contributed by atoms with Gasteiger partial charge in [-0.05, 0) is 19.1 Å². The number of benzene rings is 1. The van der Waals surface area contributed by atoms with Gasteiger partial charge in [-0.2, -0.15) is 0 Å². The highest BCUT2D eigenvalue weighted by molar-refractivity contribution is 6.32. The number of hydrogen-bond acceptors (Lipinski definition) is 3. The van der Waals surface area contributed by atoms with E-state index in [4.69, 9.17) is 7.85 Å². The summed E-state index contributed by atoms with van der Waals surface area (Å²) in [5.74, 6) is -1.12. The topological polar surface area (TPSA) is 60.2 Å². The van der Waals surface area contributed by atoms with Crippen LogP contribution in [-0.4, -0.2) is 18.6 Å². The second-order valence-electron chi connectivity index (χ2n) is 3.13. The highest BCUT2D eigenvalue weighted by Crippen LogP contribution is 2.19. The quantitative estimate of drug-likeness (QED) is 0.369. The Labute approximate surface area is 120 Å². The van der Waals surface area contributed by atoms with E-state index in [9.17, 15) is 19.3 Å². The van der Waals surface area contributed by atoms with Crippen molar-refractivity contribution in [2.75, 3.05) is 0 Å². The summed E-state index contributed by atoms with van der Waals surface area (Å²) in [5.41, 5.74) is -0.530. The van der Waals surface area contributed by atoms with Crippen molar-refractivity contribution in [2.45, 2.75) is 34.6 Å². The van der Waals surface area contributed by atoms with Gasteiger partial charge in [0.1, 0.15) is 13.7 Å². The number of hydrogen-bond donors (Lipinski definition) is 0. The van der Waals surface area contributed by atoms with E-state index >= 15 is 0 Å². The molecular formula is C14H19BFNO3. The molecule has 2 radical (unpaired) electrons. The standard InChI is InChI=1S/C10H7BFNO3.2C2H6/c1-6(14)2-3-7-4-8(11)9(12)5-10(7)13(15)16;2*1-2/h2-5H,1H3;2*1-2H3/b3-2+;;. The van der Waals surface area contributed by atoms with Crippen LogP contribution in [-0.2, 0) is 4.79 Å². The first-order valence-corrected chi connectivity index (χ1v) is 6.34. The van der Waals surface area contributed by atoms with Crippen LogP contribution in [0.15, 0.2) is 18.2 Å². The lowest BCUT2D eigenvalue weighted by Crippen LogP contribution is -2.10. The van der Waals surface area contributed by atoms with E-state index in [2.05, 4.69) is 0 Å². The number of halogens is 1. The highest BCUT2D eigenvalue weighted by atomic mass is 19.1. The molecule has 4 nitrogen and oxygen atoms in total. The average Bonchev–Trinajstić information content (AvgIpc) is 2.43. The first-order valence-electron chi connectivity index (χ1n) is 6.34. The molecule has 0 aliphatic carbocycles. The normalized spacial score (nSPS) is 9.10. The van der Waals surface area contributed by atoms with Crippen molar-refractivity contribution in [2.24, 2.45) is 0 Å². The SMILES string of the molecule is CC.CC.[B]c1cc(/C=C/C(C)=O)c([N+](=O)[O-])cc1F. The van der Waals surface area contributed by atoms with Crippen LogP contribution in [0.1, 0.15) is 40.2 Å². The van der Waals surface area contributed by atoms with Gasteiger partial charge in [0, 0.05) is 0 Å². The summed E-state index contributed by atoms with van der Waals surface area (Å²) in [6, 6.07) is 1.85. The lowest BCUT2D eigenvalue weighted by atomic mass is 9.92. The smallest absolute Gasteiger partial charge is 0.279 e. The third-order valence-corrected chi connectivity index (χ3v) is 1.84. The molecule has 0 saturated carbocycles. The first kappa shape index (κ1) is 20.3. The van der Waals surface area contributed by atoms with Gasteiger partial charge in [-0.25, -0.2) is 4.39 Å². The molecule has 20 heavy (non-hydrogen) atoms. The van der Waals surface area contributed by atoms with E-state index in [-0.39, 0.29) is 16.8 Å². The summed E-state index contributed by atoms with van der Waals surface area (Å²) in [6.07, 6.45) is 2.38. The van der Waals surface area contributed by atoms with Crippen molar-refractivity contribution in [1.29, 1.82) is 0 Å².